The van der Waals surface area contributed by atoms with E-state index >= 15 is 0 Å². The highest BCUT2D eigenvalue weighted by molar-refractivity contribution is 7.19. The molecule has 1 saturated heterocycles. The summed E-state index contributed by atoms with van der Waals surface area (Å²) in [5.74, 6) is 0.960. The smallest absolute Gasteiger partial charge is 0.142 e. The molecule has 140 valence electrons. The van der Waals surface area contributed by atoms with Crippen LogP contribution in [0.3, 0.4) is 0 Å². The third kappa shape index (κ3) is 3.41. The molecule has 0 spiro atoms. The van der Waals surface area contributed by atoms with Gasteiger partial charge in [-0.15, -0.1) is 11.3 Å². The second-order valence-corrected chi connectivity index (χ2v) is 8.77. The van der Waals surface area contributed by atoms with Crippen LogP contribution < -0.4 is 10.2 Å². The van der Waals surface area contributed by atoms with E-state index in [4.69, 9.17) is 0 Å². The quantitative estimate of drug-likeness (QED) is 0.635. The SMILES string of the molecule is c1nc(Nc2ccc(N3CCCCCC3)cc2)c2c3c(sc2n1)CCCC3. The molecule has 1 fully saturated rings. The molecular formula is C22H26N4S. The number of hydrogen-bond acceptors (Lipinski definition) is 5. The number of fused-ring (bicyclic) bond motifs is 3. The summed E-state index contributed by atoms with van der Waals surface area (Å²) < 4.78 is 0. The van der Waals surface area contributed by atoms with E-state index in [2.05, 4.69) is 44.5 Å². The van der Waals surface area contributed by atoms with Crippen molar-refractivity contribution in [2.75, 3.05) is 23.3 Å². The summed E-state index contributed by atoms with van der Waals surface area (Å²) in [6, 6.07) is 8.87. The Kier molecular flexibility index (Phi) is 4.70. The second-order valence-electron chi connectivity index (χ2n) is 7.69. The Balaban J connectivity index is 1.41. The van der Waals surface area contributed by atoms with E-state index in [1.165, 1.54) is 79.5 Å². The molecule has 0 amide bonds. The Hall–Kier alpha value is -2.14. The number of thiophene rings is 1. The van der Waals surface area contributed by atoms with E-state index in [0.29, 0.717) is 0 Å². The van der Waals surface area contributed by atoms with Gasteiger partial charge >= 0.3 is 0 Å². The minimum absolute atomic E-state index is 0.960. The molecule has 0 saturated carbocycles. The fourth-order valence-corrected chi connectivity index (χ4v) is 5.64. The molecule has 0 bridgehead atoms. The van der Waals surface area contributed by atoms with Gasteiger partial charge in [0.25, 0.3) is 0 Å². The zero-order chi connectivity index (χ0) is 18.1. The molecule has 0 unspecified atom stereocenters. The molecule has 1 N–H and O–H groups in total. The number of benzene rings is 1. The highest BCUT2D eigenvalue weighted by atomic mass is 32.1. The number of nitrogens with zero attached hydrogens (tertiary/aromatic N) is 3. The summed E-state index contributed by atoms with van der Waals surface area (Å²) in [6.07, 6.45) is 12.0. The molecule has 5 heteroatoms. The third-order valence-electron chi connectivity index (χ3n) is 5.85. The fraction of sp³-hybridized carbons (Fsp3) is 0.455. The summed E-state index contributed by atoms with van der Waals surface area (Å²) in [5.41, 5.74) is 3.91. The van der Waals surface area contributed by atoms with Crippen LogP contribution in [0.15, 0.2) is 30.6 Å². The first-order valence-electron chi connectivity index (χ1n) is 10.3. The monoisotopic (exact) mass is 378 g/mol. The molecule has 0 atom stereocenters. The molecule has 4 nitrogen and oxygen atoms in total. The van der Waals surface area contributed by atoms with Crippen LogP contribution in [-0.4, -0.2) is 23.1 Å². The molecule has 3 heterocycles. The average molecular weight is 379 g/mol. The van der Waals surface area contributed by atoms with E-state index in [0.717, 1.165) is 22.8 Å². The molecule has 2 aromatic heterocycles. The lowest BCUT2D eigenvalue weighted by Crippen LogP contribution is -2.23. The van der Waals surface area contributed by atoms with Crippen LogP contribution in [0.25, 0.3) is 10.2 Å². The van der Waals surface area contributed by atoms with E-state index < -0.39 is 0 Å². The first-order chi connectivity index (χ1) is 13.4. The van der Waals surface area contributed by atoms with Crippen molar-refractivity contribution in [1.29, 1.82) is 0 Å². The van der Waals surface area contributed by atoms with Crippen molar-refractivity contribution >= 4 is 38.7 Å². The van der Waals surface area contributed by atoms with E-state index in [9.17, 15) is 0 Å². The molecule has 27 heavy (non-hydrogen) atoms. The van der Waals surface area contributed by atoms with Crippen LogP contribution in [-0.2, 0) is 12.8 Å². The van der Waals surface area contributed by atoms with Crippen LogP contribution in [0.4, 0.5) is 17.2 Å². The normalized spacial score (nSPS) is 17.6. The van der Waals surface area contributed by atoms with Gasteiger partial charge in [0.1, 0.15) is 17.0 Å². The lowest BCUT2D eigenvalue weighted by Gasteiger charge is -2.23. The Bertz CT molecular complexity index is 923. The number of hydrogen-bond donors (Lipinski definition) is 1. The Morgan fingerprint density at radius 1 is 0.852 bits per heavy atom. The lowest BCUT2D eigenvalue weighted by molar-refractivity contribution is 0.700. The largest absolute Gasteiger partial charge is 0.372 e. The number of nitrogens with one attached hydrogen (secondary N) is 1. The standard InChI is InChI=1S/C22H26N4S/c1-2-6-14-26(13-5-1)17-11-9-16(10-12-17)25-21-20-18-7-3-4-8-19(18)27-22(20)24-15-23-21/h9-12,15H,1-8,13-14H2,(H,23,24,25). The van der Waals surface area contributed by atoms with Gasteiger partial charge in [-0.25, -0.2) is 9.97 Å². The second kappa shape index (κ2) is 7.47. The maximum Gasteiger partial charge on any atom is 0.142 e. The van der Waals surface area contributed by atoms with Gasteiger partial charge in [0, 0.05) is 29.3 Å². The number of aryl methyl sites for hydroxylation is 2. The summed E-state index contributed by atoms with van der Waals surface area (Å²) in [7, 11) is 0. The number of aromatic nitrogens is 2. The van der Waals surface area contributed by atoms with Crippen molar-refractivity contribution < 1.29 is 0 Å². The molecule has 3 aromatic rings. The zero-order valence-corrected chi connectivity index (χ0v) is 16.5. The van der Waals surface area contributed by atoms with Gasteiger partial charge in [-0.3, -0.25) is 0 Å². The summed E-state index contributed by atoms with van der Waals surface area (Å²) in [4.78, 5) is 14.3. The van der Waals surface area contributed by atoms with Gasteiger partial charge < -0.3 is 10.2 Å². The van der Waals surface area contributed by atoms with Crippen molar-refractivity contribution in [1.82, 2.24) is 9.97 Å². The van der Waals surface area contributed by atoms with Gasteiger partial charge in [-0.2, -0.15) is 0 Å². The van der Waals surface area contributed by atoms with Crippen LogP contribution in [0.2, 0.25) is 0 Å². The molecule has 1 aliphatic carbocycles. The summed E-state index contributed by atoms with van der Waals surface area (Å²) >= 11 is 1.85. The minimum atomic E-state index is 0.960. The van der Waals surface area contributed by atoms with Crippen LogP contribution in [0, 0.1) is 0 Å². The molecule has 0 radical (unpaired) electrons. The van der Waals surface area contributed by atoms with E-state index in [-0.39, 0.29) is 0 Å². The van der Waals surface area contributed by atoms with Crippen molar-refractivity contribution in [3.05, 3.63) is 41.0 Å². The van der Waals surface area contributed by atoms with Gasteiger partial charge in [0.15, 0.2) is 0 Å². The van der Waals surface area contributed by atoms with Crippen molar-refractivity contribution in [3.63, 3.8) is 0 Å². The van der Waals surface area contributed by atoms with Gasteiger partial charge in [0.2, 0.25) is 0 Å². The van der Waals surface area contributed by atoms with Gasteiger partial charge in [-0.05, 0) is 68.4 Å². The van der Waals surface area contributed by atoms with Gasteiger partial charge in [0.05, 0.1) is 5.39 Å². The molecule has 5 rings (SSSR count). The molecule has 1 aromatic carbocycles. The lowest BCUT2D eigenvalue weighted by atomic mass is 9.97. The van der Waals surface area contributed by atoms with Crippen LogP contribution in [0.1, 0.15) is 49.0 Å². The Labute approximate surface area is 164 Å². The average Bonchev–Trinajstić information content (AvgIpc) is 2.88. The topological polar surface area (TPSA) is 41.1 Å². The highest BCUT2D eigenvalue weighted by Gasteiger charge is 2.20. The first-order valence-corrected chi connectivity index (χ1v) is 11.1. The van der Waals surface area contributed by atoms with Crippen molar-refractivity contribution in [2.24, 2.45) is 0 Å². The summed E-state index contributed by atoms with van der Waals surface area (Å²) in [6.45, 7) is 2.36. The zero-order valence-electron chi connectivity index (χ0n) is 15.7. The first kappa shape index (κ1) is 17.0. The molecular weight excluding hydrogens is 352 g/mol. The predicted octanol–water partition coefficient (Wildman–Crippen LogP) is 5.69. The molecule has 2 aliphatic rings. The molecule has 1 aliphatic heterocycles. The van der Waals surface area contributed by atoms with Crippen LogP contribution >= 0.6 is 11.3 Å². The maximum absolute atomic E-state index is 4.58. The third-order valence-corrected chi connectivity index (χ3v) is 7.05. The summed E-state index contributed by atoms with van der Waals surface area (Å²) in [5, 5.41) is 4.81. The van der Waals surface area contributed by atoms with Crippen molar-refractivity contribution in [2.45, 2.75) is 51.4 Å². The van der Waals surface area contributed by atoms with E-state index in [1.807, 2.05) is 11.3 Å². The number of rotatable bonds is 3. The van der Waals surface area contributed by atoms with Gasteiger partial charge in [-0.1, -0.05) is 12.8 Å². The number of anilines is 3. The maximum atomic E-state index is 4.58. The minimum Gasteiger partial charge on any atom is -0.372 e. The Morgan fingerprint density at radius 2 is 1.63 bits per heavy atom. The predicted molar refractivity (Wildman–Crippen MR) is 114 cm³/mol. The van der Waals surface area contributed by atoms with Crippen LogP contribution in [0.5, 0.6) is 0 Å². The fourth-order valence-electron chi connectivity index (χ4n) is 4.41. The van der Waals surface area contributed by atoms with E-state index in [1.54, 1.807) is 6.33 Å². The highest BCUT2D eigenvalue weighted by Crippen LogP contribution is 2.39. The Morgan fingerprint density at radius 3 is 2.44 bits per heavy atom. The van der Waals surface area contributed by atoms with Crippen molar-refractivity contribution in [3.8, 4) is 0 Å².